The van der Waals surface area contributed by atoms with Crippen LogP contribution in [-0.4, -0.2) is 18.2 Å². The number of halogens is 1. The normalized spacial score (nSPS) is 46.0. The van der Waals surface area contributed by atoms with E-state index in [1.165, 1.54) is 31.8 Å². The first-order valence-electron chi connectivity index (χ1n) is 9.51. The van der Waals surface area contributed by atoms with Crippen molar-refractivity contribution in [2.24, 2.45) is 23.2 Å². The SMILES string of the molecule is CC(=O)O[C@H]1CC[C@H]2[C@@H]3CCC4=C(CC[C@H](F)C4)[C@H]3CC[C@]12C. The van der Waals surface area contributed by atoms with Gasteiger partial charge >= 0.3 is 5.97 Å². The van der Waals surface area contributed by atoms with E-state index in [4.69, 9.17) is 4.74 Å². The molecule has 128 valence electrons. The topological polar surface area (TPSA) is 26.3 Å². The first kappa shape index (κ1) is 15.7. The molecule has 0 saturated heterocycles. The van der Waals surface area contributed by atoms with Gasteiger partial charge < -0.3 is 4.74 Å². The predicted octanol–water partition coefficient (Wildman–Crippen LogP) is 4.97. The molecule has 0 aromatic heterocycles. The number of ether oxygens (including phenoxy) is 1. The number of rotatable bonds is 1. The highest BCUT2D eigenvalue weighted by Crippen LogP contribution is 2.61. The number of allylic oxidation sites excluding steroid dienone is 2. The van der Waals surface area contributed by atoms with Gasteiger partial charge in [-0.05, 0) is 75.5 Å². The molecular weight excluding hydrogens is 291 g/mol. The fourth-order valence-corrected chi connectivity index (χ4v) is 6.51. The van der Waals surface area contributed by atoms with Gasteiger partial charge in [-0.15, -0.1) is 0 Å². The van der Waals surface area contributed by atoms with Gasteiger partial charge in [-0.1, -0.05) is 18.1 Å². The van der Waals surface area contributed by atoms with E-state index >= 15 is 0 Å². The molecule has 0 unspecified atom stereocenters. The Bertz CT molecular complexity index is 540. The zero-order valence-corrected chi connectivity index (χ0v) is 14.4. The van der Waals surface area contributed by atoms with Crippen molar-refractivity contribution in [3.8, 4) is 0 Å². The summed E-state index contributed by atoms with van der Waals surface area (Å²) in [5.41, 5.74) is 3.26. The van der Waals surface area contributed by atoms with Crippen LogP contribution in [-0.2, 0) is 9.53 Å². The molecule has 0 amide bonds. The van der Waals surface area contributed by atoms with E-state index in [0.29, 0.717) is 18.3 Å². The Balaban J connectivity index is 1.58. The molecule has 4 aliphatic rings. The van der Waals surface area contributed by atoms with Crippen LogP contribution in [0.3, 0.4) is 0 Å². The fourth-order valence-electron chi connectivity index (χ4n) is 6.51. The van der Waals surface area contributed by atoms with Crippen molar-refractivity contribution in [2.45, 2.75) is 83.9 Å². The van der Waals surface area contributed by atoms with Gasteiger partial charge in [0.05, 0.1) is 0 Å². The third-order valence-electron chi connectivity index (χ3n) is 7.53. The van der Waals surface area contributed by atoms with Gasteiger partial charge in [-0.25, -0.2) is 4.39 Å². The highest BCUT2D eigenvalue weighted by Gasteiger charge is 2.56. The monoisotopic (exact) mass is 320 g/mol. The number of carbonyl (C=O) groups excluding carboxylic acids is 1. The molecule has 0 spiro atoms. The molecule has 2 fully saturated rings. The third-order valence-corrected chi connectivity index (χ3v) is 7.53. The fraction of sp³-hybridized carbons (Fsp3) is 0.850. The van der Waals surface area contributed by atoms with Gasteiger partial charge in [0.2, 0.25) is 0 Å². The van der Waals surface area contributed by atoms with Gasteiger partial charge in [0.15, 0.2) is 0 Å². The van der Waals surface area contributed by atoms with Crippen LogP contribution in [0.1, 0.15) is 71.6 Å². The van der Waals surface area contributed by atoms with E-state index in [1.807, 2.05) is 0 Å². The van der Waals surface area contributed by atoms with Crippen LogP contribution < -0.4 is 0 Å². The highest BCUT2D eigenvalue weighted by atomic mass is 19.1. The Morgan fingerprint density at radius 1 is 1.17 bits per heavy atom. The van der Waals surface area contributed by atoms with E-state index in [1.54, 1.807) is 5.57 Å². The van der Waals surface area contributed by atoms with Crippen molar-refractivity contribution in [3.05, 3.63) is 11.1 Å². The maximum atomic E-state index is 13.7. The lowest BCUT2D eigenvalue weighted by molar-refractivity contribution is -0.155. The van der Waals surface area contributed by atoms with Gasteiger partial charge in [-0.2, -0.15) is 0 Å². The summed E-state index contributed by atoms with van der Waals surface area (Å²) in [6.45, 7) is 3.90. The van der Waals surface area contributed by atoms with E-state index in [2.05, 4.69) is 6.92 Å². The molecule has 2 nitrogen and oxygen atoms in total. The Morgan fingerprint density at radius 2 is 2.00 bits per heavy atom. The lowest BCUT2D eigenvalue weighted by Gasteiger charge is -2.51. The van der Waals surface area contributed by atoms with Crippen molar-refractivity contribution < 1.29 is 13.9 Å². The highest BCUT2D eigenvalue weighted by molar-refractivity contribution is 5.66. The summed E-state index contributed by atoms with van der Waals surface area (Å²) in [6.07, 6.45) is 8.89. The smallest absolute Gasteiger partial charge is 0.302 e. The molecule has 23 heavy (non-hydrogen) atoms. The predicted molar refractivity (Wildman–Crippen MR) is 87.6 cm³/mol. The summed E-state index contributed by atoms with van der Waals surface area (Å²) >= 11 is 0. The maximum Gasteiger partial charge on any atom is 0.302 e. The quantitative estimate of drug-likeness (QED) is 0.503. The van der Waals surface area contributed by atoms with Crippen molar-refractivity contribution >= 4 is 5.97 Å². The van der Waals surface area contributed by atoms with E-state index in [9.17, 15) is 9.18 Å². The van der Waals surface area contributed by atoms with Crippen molar-refractivity contribution in [1.29, 1.82) is 0 Å². The summed E-state index contributed by atoms with van der Waals surface area (Å²) in [4.78, 5) is 11.5. The molecule has 0 aliphatic heterocycles. The largest absolute Gasteiger partial charge is 0.462 e. The molecule has 0 N–H and O–H groups in total. The molecule has 0 aromatic carbocycles. The number of fused-ring (bicyclic) bond motifs is 4. The summed E-state index contributed by atoms with van der Waals surface area (Å²) in [5.74, 6) is 1.99. The van der Waals surface area contributed by atoms with Crippen LogP contribution in [0.15, 0.2) is 11.1 Å². The van der Waals surface area contributed by atoms with Gasteiger partial charge in [0, 0.05) is 12.3 Å². The molecule has 0 radical (unpaired) electrons. The molecule has 2 saturated carbocycles. The average molecular weight is 320 g/mol. The van der Waals surface area contributed by atoms with E-state index in [-0.39, 0.29) is 17.5 Å². The minimum atomic E-state index is -0.598. The molecule has 0 aromatic rings. The number of alkyl halides is 1. The van der Waals surface area contributed by atoms with Crippen LogP contribution in [0.25, 0.3) is 0 Å². The van der Waals surface area contributed by atoms with Gasteiger partial charge in [-0.3, -0.25) is 4.79 Å². The van der Waals surface area contributed by atoms with Gasteiger partial charge in [0.25, 0.3) is 0 Å². The maximum absolute atomic E-state index is 13.7. The lowest BCUT2D eigenvalue weighted by atomic mass is 9.54. The molecule has 0 bridgehead atoms. The van der Waals surface area contributed by atoms with E-state index in [0.717, 1.165) is 38.0 Å². The Hall–Kier alpha value is -0.860. The Kier molecular flexibility index (Phi) is 3.81. The number of hydrogen-bond acceptors (Lipinski definition) is 2. The molecule has 0 heterocycles. The number of esters is 1. The Morgan fingerprint density at radius 3 is 2.78 bits per heavy atom. The Labute approximate surface area is 138 Å². The molecule has 6 atom stereocenters. The zero-order valence-electron chi connectivity index (χ0n) is 14.4. The van der Waals surface area contributed by atoms with Crippen molar-refractivity contribution in [2.75, 3.05) is 0 Å². The van der Waals surface area contributed by atoms with E-state index < -0.39 is 6.17 Å². The van der Waals surface area contributed by atoms with Crippen LogP contribution in [0.5, 0.6) is 0 Å². The molecule has 3 heteroatoms. The second-order valence-corrected chi connectivity index (χ2v) is 8.60. The summed E-state index contributed by atoms with van der Waals surface area (Å²) < 4.78 is 19.4. The lowest BCUT2D eigenvalue weighted by Crippen LogP contribution is -2.46. The second-order valence-electron chi connectivity index (χ2n) is 8.60. The van der Waals surface area contributed by atoms with Crippen molar-refractivity contribution in [1.82, 2.24) is 0 Å². The molecule has 4 rings (SSSR count). The second kappa shape index (κ2) is 5.60. The first-order valence-corrected chi connectivity index (χ1v) is 9.51. The third kappa shape index (κ3) is 2.46. The minimum absolute atomic E-state index is 0.114. The zero-order chi connectivity index (χ0) is 16.2. The van der Waals surface area contributed by atoms with Gasteiger partial charge in [0.1, 0.15) is 12.3 Å². The first-order chi connectivity index (χ1) is 11.0. The van der Waals surface area contributed by atoms with Crippen LogP contribution in [0.2, 0.25) is 0 Å². The molecular formula is C20H29FO2. The molecule has 4 aliphatic carbocycles. The van der Waals surface area contributed by atoms with Crippen molar-refractivity contribution in [3.63, 3.8) is 0 Å². The minimum Gasteiger partial charge on any atom is -0.462 e. The summed E-state index contributed by atoms with van der Waals surface area (Å²) in [7, 11) is 0. The van der Waals surface area contributed by atoms with Crippen LogP contribution in [0, 0.1) is 23.2 Å². The summed E-state index contributed by atoms with van der Waals surface area (Å²) in [5, 5.41) is 0. The standard InChI is InChI=1S/C20H29FO2/c1-12(22)23-19-8-7-18-17-5-3-13-11-14(21)4-6-15(13)16(17)9-10-20(18,19)2/h14,16-19H,3-11H2,1-2H3/t14-,16+,17+,18-,19-,20-/m0/s1. The number of carbonyl (C=O) groups is 1. The average Bonchev–Trinajstić information content (AvgIpc) is 2.83. The summed E-state index contributed by atoms with van der Waals surface area (Å²) in [6, 6.07) is 0. The number of hydrogen-bond donors (Lipinski definition) is 0. The van der Waals surface area contributed by atoms with Crippen LogP contribution >= 0.6 is 0 Å². The van der Waals surface area contributed by atoms with Crippen LogP contribution in [0.4, 0.5) is 4.39 Å².